The molecule has 7 heteroatoms. The van der Waals surface area contributed by atoms with Crippen molar-refractivity contribution in [3.8, 4) is 0 Å². The number of carbonyl (C=O) groups is 2. The molecule has 23 heavy (non-hydrogen) atoms. The van der Waals surface area contributed by atoms with Gasteiger partial charge in [0.2, 0.25) is 0 Å². The number of benzene rings is 1. The van der Waals surface area contributed by atoms with Crippen LogP contribution in [0.5, 0.6) is 0 Å². The normalized spacial score (nSPS) is 15.1. The summed E-state index contributed by atoms with van der Waals surface area (Å²) in [5, 5.41) is 9.79. The average Bonchev–Trinajstić information content (AvgIpc) is 2.84. The molecule has 5 N–H and O–H groups in total. The number of nitrogens with zero attached hydrogens (tertiary/aromatic N) is 1. The minimum atomic E-state index is -1.27. The van der Waals surface area contributed by atoms with Gasteiger partial charge in [0, 0.05) is 17.6 Å². The average molecular weight is 319 g/mol. The number of fused-ring (bicyclic) bond motifs is 1. The highest BCUT2D eigenvalue weighted by Gasteiger charge is 2.25. The van der Waals surface area contributed by atoms with Gasteiger partial charge in [-0.15, -0.1) is 0 Å². The molecule has 0 aliphatic carbocycles. The van der Waals surface area contributed by atoms with Crippen LogP contribution in [0.2, 0.25) is 0 Å². The zero-order valence-electron chi connectivity index (χ0n) is 13.1. The molecule has 1 aromatic carbocycles. The van der Waals surface area contributed by atoms with E-state index >= 15 is 0 Å². The van der Waals surface area contributed by atoms with E-state index < -0.39 is 24.2 Å². The van der Waals surface area contributed by atoms with Gasteiger partial charge in [0.15, 0.2) is 0 Å². The highest BCUT2D eigenvalue weighted by molar-refractivity contribution is 5.92. The van der Waals surface area contributed by atoms with Gasteiger partial charge in [-0.05, 0) is 31.9 Å². The molecular weight excluding hydrogens is 298 g/mol. The van der Waals surface area contributed by atoms with Crippen molar-refractivity contribution in [2.45, 2.75) is 38.5 Å². The predicted molar refractivity (Wildman–Crippen MR) is 86.2 cm³/mol. The third-order valence-electron chi connectivity index (χ3n) is 3.61. The number of ether oxygens (including phenoxy) is 1. The van der Waals surface area contributed by atoms with Gasteiger partial charge in [-0.2, -0.15) is 0 Å². The lowest BCUT2D eigenvalue weighted by Gasteiger charge is -2.17. The number of carboxylic acids is 1. The number of carboxylic acid groups (broad SMARTS) is 1. The van der Waals surface area contributed by atoms with Crippen molar-refractivity contribution in [3.63, 3.8) is 0 Å². The molecular formula is C16H21N3O4. The molecule has 2 rings (SSSR count). The molecule has 1 aromatic heterocycles. The van der Waals surface area contributed by atoms with E-state index in [1.165, 1.54) is 11.5 Å². The van der Waals surface area contributed by atoms with Crippen LogP contribution in [-0.4, -0.2) is 39.9 Å². The van der Waals surface area contributed by atoms with Gasteiger partial charge in [0.1, 0.15) is 12.1 Å². The van der Waals surface area contributed by atoms with Crippen molar-refractivity contribution in [2.75, 3.05) is 0 Å². The molecule has 0 saturated heterocycles. The van der Waals surface area contributed by atoms with Crippen LogP contribution in [0.15, 0.2) is 30.5 Å². The van der Waals surface area contributed by atoms with Crippen LogP contribution in [0.4, 0.5) is 4.79 Å². The van der Waals surface area contributed by atoms with Crippen LogP contribution in [0, 0.1) is 0 Å². The van der Waals surface area contributed by atoms with Crippen LogP contribution in [-0.2, 0) is 16.0 Å². The lowest BCUT2D eigenvalue weighted by Crippen LogP contribution is -2.43. The Morgan fingerprint density at radius 1 is 1.26 bits per heavy atom. The molecule has 0 saturated carbocycles. The maximum atomic E-state index is 12.4. The fourth-order valence-electron chi connectivity index (χ4n) is 2.40. The van der Waals surface area contributed by atoms with Crippen molar-refractivity contribution in [1.29, 1.82) is 0 Å². The number of aromatic nitrogens is 1. The van der Waals surface area contributed by atoms with E-state index in [2.05, 4.69) is 0 Å². The second kappa shape index (κ2) is 6.80. The van der Waals surface area contributed by atoms with Crippen molar-refractivity contribution in [1.82, 2.24) is 4.57 Å². The Morgan fingerprint density at radius 2 is 1.91 bits per heavy atom. The smallest absolute Gasteiger partial charge is 0.418 e. The molecule has 0 aliphatic rings. The molecule has 2 aromatic rings. The molecule has 0 bridgehead atoms. The van der Waals surface area contributed by atoms with Crippen molar-refractivity contribution >= 4 is 23.0 Å². The SMILES string of the molecule is C[C@@H](N)Cc1cn(C(=O)O[C@H](C)[C@H](N)C(=O)O)c2ccccc12. The van der Waals surface area contributed by atoms with Gasteiger partial charge >= 0.3 is 12.1 Å². The summed E-state index contributed by atoms with van der Waals surface area (Å²) in [6.45, 7) is 3.34. The molecule has 1 heterocycles. The van der Waals surface area contributed by atoms with Crippen molar-refractivity contribution in [2.24, 2.45) is 11.5 Å². The van der Waals surface area contributed by atoms with E-state index in [-0.39, 0.29) is 6.04 Å². The summed E-state index contributed by atoms with van der Waals surface area (Å²) in [4.78, 5) is 23.2. The number of rotatable bonds is 5. The molecule has 0 radical (unpaired) electrons. The highest BCUT2D eigenvalue weighted by Crippen LogP contribution is 2.23. The fraction of sp³-hybridized carbons (Fsp3) is 0.375. The first-order chi connectivity index (χ1) is 10.8. The summed E-state index contributed by atoms with van der Waals surface area (Å²) in [6, 6.07) is 6.07. The van der Waals surface area contributed by atoms with Gasteiger partial charge in [-0.25, -0.2) is 4.79 Å². The summed E-state index contributed by atoms with van der Waals surface area (Å²) >= 11 is 0. The van der Waals surface area contributed by atoms with E-state index in [0.29, 0.717) is 11.9 Å². The minimum Gasteiger partial charge on any atom is -0.480 e. The maximum Gasteiger partial charge on any atom is 0.418 e. The van der Waals surface area contributed by atoms with E-state index in [4.69, 9.17) is 21.3 Å². The van der Waals surface area contributed by atoms with E-state index in [9.17, 15) is 9.59 Å². The highest BCUT2D eigenvalue weighted by atomic mass is 16.6. The predicted octanol–water partition coefficient (Wildman–Crippen LogP) is 1.32. The Hall–Kier alpha value is -2.38. The molecule has 124 valence electrons. The first-order valence-electron chi connectivity index (χ1n) is 7.35. The van der Waals surface area contributed by atoms with Crippen LogP contribution < -0.4 is 11.5 Å². The van der Waals surface area contributed by atoms with Gasteiger partial charge in [0.05, 0.1) is 5.52 Å². The second-order valence-electron chi connectivity index (χ2n) is 5.68. The third kappa shape index (κ3) is 3.69. The summed E-state index contributed by atoms with van der Waals surface area (Å²) in [6.07, 6.45) is 0.680. The van der Waals surface area contributed by atoms with Crippen LogP contribution >= 0.6 is 0 Å². The summed E-state index contributed by atoms with van der Waals surface area (Å²) < 4.78 is 6.53. The number of nitrogens with two attached hydrogens (primary N) is 2. The lowest BCUT2D eigenvalue weighted by atomic mass is 10.1. The molecule has 0 spiro atoms. The van der Waals surface area contributed by atoms with Gasteiger partial charge in [0.25, 0.3) is 0 Å². The van der Waals surface area contributed by atoms with Crippen molar-refractivity contribution < 1.29 is 19.4 Å². The molecule has 0 aliphatic heterocycles. The van der Waals surface area contributed by atoms with Gasteiger partial charge < -0.3 is 21.3 Å². The topological polar surface area (TPSA) is 121 Å². The Balaban J connectivity index is 2.32. The van der Waals surface area contributed by atoms with E-state index in [1.807, 2.05) is 25.1 Å². The molecule has 0 fully saturated rings. The quantitative estimate of drug-likeness (QED) is 0.764. The van der Waals surface area contributed by atoms with E-state index in [1.54, 1.807) is 12.3 Å². The Morgan fingerprint density at radius 3 is 2.52 bits per heavy atom. The summed E-state index contributed by atoms with van der Waals surface area (Å²) in [5.74, 6) is -1.22. The van der Waals surface area contributed by atoms with Crippen LogP contribution in [0.1, 0.15) is 19.4 Å². The van der Waals surface area contributed by atoms with E-state index in [0.717, 1.165) is 10.9 Å². The zero-order chi connectivity index (χ0) is 17.1. The first kappa shape index (κ1) is 17.0. The zero-order valence-corrected chi connectivity index (χ0v) is 13.1. The molecule has 7 nitrogen and oxygen atoms in total. The summed E-state index contributed by atoms with van der Waals surface area (Å²) in [5.41, 5.74) is 12.9. The maximum absolute atomic E-state index is 12.4. The number of para-hydroxylation sites is 1. The molecule has 0 amide bonds. The Bertz CT molecular complexity index is 723. The first-order valence-corrected chi connectivity index (χ1v) is 7.35. The van der Waals surface area contributed by atoms with Crippen LogP contribution in [0.25, 0.3) is 10.9 Å². The van der Waals surface area contributed by atoms with Crippen molar-refractivity contribution in [3.05, 3.63) is 36.0 Å². The number of aliphatic carboxylic acids is 1. The third-order valence-corrected chi connectivity index (χ3v) is 3.61. The number of hydrogen-bond acceptors (Lipinski definition) is 5. The monoisotopic (exact) mass is 319 g/mol. The van der Waals surface area contributed by atoms with Gasteiger partial charge in [-0.3, -0.25) is 9.36 Å². The molecule has 3 atom stereocenters. The second-order valence-corrected chi connectivity index (χ2v) is 5.68. The Labute approximate surface area is 133 Å². The van der Waals surface area contributed by atoms with Gasteiger partial charge in [-0.1, -0.05) is 18.2 Å². The molecule has 0 unspecified atom stereocenters. The number of carbonyl (C=O) groups excluding carboxylic acids is 1. The largest absolute Gasteiger partial charge is 0.480 e. The fourth-order valence-corrected chi connectivity index (χ4v) is 2.40. The minimum absolute atomic E-state index is 0.0513. The standard InChI is InChI=1S/C16H21N3O4/c1-9(17)7-11-8-19(13-6-4-3-5-12(11)13)16(22)23-10(2)14(18)15(20)21/h3-6,8-10,14H,7,17-18H2,1-2H3,(H,20,21)/t9-,10-,14+/m1/s1. The lowest BCUT2D eigenvalue weighted by molar-refractivity contribution is -0.140. The number of hydrogen-bond donors (Lipinski definition) is 3. The Kier molecular flexibility index (Phi) is 5.02. The van der Waals surface area contributed by atoms with Crippen LogP contribution in [0.3, 0.4) is 0 Å². The summed E-state index contributed by atoms with van der Waals surface area (Å²) in [7, 11) is 0.